The van der Waals surface area contributed by atoms with Crippen LogP contribution in [0, 0.1) is 0 Å². The van der Waals surface area contributed by atoms with Gasteiger partial charge >= 0.3 is 17.9 Å². The lowest BCUT2D eigenvalue weighted by atomic mass is 10.2. The molecule has 0 unspecified atom stereocenters. The molecule has 0 amide bonds. The van der Waals surface area contributed by atoms with Gasteiger partial charge in [-0.2, -0.15) is 0 Å². The minimum Gasteiger partial charge on any atom is -0.481 e. The van der Waals surface area contributed by atoms with Crippen LogP contribution in [-0.4, -0.2) is 199 Å². The van der Waals surface area contributed by atoms with Gasteiger partial charge in [-0.05, 0) is 0 Å². The number of aliphatic carboxylic acids is 2. The van der Waals surface area contributed by atoms with E-state index in [1.54, 1.807) is 0 Å². The van der Waals surface area contributed by atoms with E-state index in [4.69, 9.17) is 71.8 Å². The van der Waals surface area contributed by atoms with Crippen LogP contribution in [0.3, 0.4) is 0 Å². The fourth-order valence-corrected chi connectivity index (χ4v) is 3.29. The molecule has 300 valence electrons. The number of ether oxygens (including phenoxy) is 13. The number of carbonyl (C=O) groups excluding carboxylic acids is 2. The first-order chi connectivity index (χ1) is 24.9. The zero-order chi connectivity index (χ0) is 37.3. The summed E-state index contributed by atoms with van der Waals surface area (Å²) >= 11 is 0. The first-order valence-electron chi connectivity index (χ1n) is 17.0. The maximum absolute atomic E-state index is 11.4. The molecule has 2 N–H and O–H groups in total. The van der Waals surface area contributed by atoms with Crippen molar-refractivity contribution in [3.63, 3.8) is 0 Å². The standard InChI is InChI=1S/C32H58O19/c33-29(32(37)38)1-2-31(36)51-28-27-50-26-25-49-24-23-48-22-21-47-20-19-46-18-17-45-16-15-44-14-13-43-12-11-42-10-9-41-8-7-40-6-5-39-4-3-30(34)35/h1-28H2,(H,34,35)(H,37,38). The van der Waals surface area contributed by atoms with E-state index in [2.05, 4.69) is 0 Å². The van der Waals surface area contributed by atoms with Crippen LogP contribution >= 0.6 is 0 Å². The van der Waals surface area contributed by atoms with E-state index in [-0.39, 0.29) is 32.7 Å². The summed E-state index contributed by atoms with van der Waals surface area (Å²) in [6, 6.07) is 0. The summed E-state index contributed by atoms with van der Waals surface area (Å²) in [5.41, 5.74) is 0. The maximum Gasteiger partial charge on any atom is 0.372 e. The molecule has 0 heterocycles. The van der Waals surface area contributed by atoms with E-state index in [0.29, 0.717) is 145 Å². The molecule has 0 aliphatic heterocycles. The molecule has 0 aromatic heterocycles. The van der Waals surface area contributed by atoms with Crippen LogP contribution in [0.2, 0.25) is 0 Å². The third kappa shape index (κ3) is 41.9. The number of carboxylic acid groups (broad SMARTS) is 2. The molecule has 0 aliphatic rings. The number of ketones is 1. The van der Waals surface area contributed by atoms with Crippen molar-refractivity contribution in [3.05, 3.63) is 0 Å². The van der Waals surface area contributed by atoms with Crippen LogP contribution in [0.25, 0.3) is 0 Å². The van der Waals surface area contributed by atoms with Crippen LogP contribution in [-0.2, 0) is 80.8 Å². The highest BCUT2D eigenvalue weighted by Gasteiger charge is 2.14. The number of esters is 1. The summed E-state index contributed by atoms with van der Waals surface area (Å²) in [7, 11) is 0. The zero-order valence-electron chi connectivity index (χ0n) is 29.6. The lowest BCUT2D eigenvalue weighted by molar-refractivity contribution is -0.151. The Morgan fingerprint density at radius 2 is 0.529 bits per heavy atom. The first kappa shape index (κ1) is 48.6. The van der Waals surface area contributed by atoms with Gasteiger partial charge in [0.15, 0.2) is 0 Å². The van der Waals surface area contributed by atoms with Gasteiger partial charge in [0.1, 0.15) is 6.61 Å². The Labute approximate surface area is 299 Å². The Morgan fingerprint density at radius 1 is 0.294 bits per heavy atom. The first-order valence-corrected chi connectivity index (χ1v) is 17.0. The molecule has 0 aromatic rings. The van der Waals surface area contributed by atoms with Crippen LogP contribution in [0.5, 0.6) is 0 Å². The molecule has 0 fully saturated rings. The summed E-state index contributed by atoms with van der Waals surface area (Å²) in [5, 5.41) is 16.9. The highest BCUT2D eigenvalue weighted by atomic mass is 16.6. The minimum absolute atomic E-state index is 0.00707. The van der Waals surface area contributed by atoms with Gasteiger partial charge in [-0.3, -0.25) is 14.4 Å². The predicted octanol–water partition coefficient (Wildman–Crippen LogP) is -0.363. The van der Waals surface area contributed by atoms with Crippen molar-refractivity contribution >= 4 is 23.7 Å². The van der Waals surface area contributed by atoms with E-state index >= 15 is 0 Å². The van der Waals surface area contributed by atoms with E-state index in [1.807, 2.05) is 0 Å². The Morgan fingerprint density at radius 3 is 0.765 bits per heavy atom. The van der Waals surface area contributed by atoms with Crippen LogP contribution in [0.1, 0.15) is 19.3 Å². The monoisotopic (exact) mass is 746 g/mol. The van der Waals surface area contributed by atoms with E-state index < -0.39 is 30.1 Å². The third-order valence-corrected chi connectivity index (χ3v) is 5.84. The average molecular weight is 747 g/mol. The van der Waals surface area contributed by atoms with Gasteiger partial charge in [0.2, 0.25) is 5.78 Å². The van der Waals surface area contributed by atoms with Crippen molar-refractivity contribution in [3.8, 4) is 0 Å². The molecular weight excluding hydrogens is 688 g/mol. The van der Waals surface area contributed by atoms with Crippen LogP contribution < -0.4 is 0 Å². The van der Waals surface area contributed by atoms with Gasteiger partial charge in [-0.25, -0.2) is 4.79 Å². The molecule has 0 aliphatic carbocycles. The second kappa shape index (κ2) is 40.4. The molecule has 0 spiro atoms. The third-order valence-electron chi connectivity index (χ3n) is 5.84. The van der Waals surface area contributed by atoms with Crippen molar-refractivity contribution in [2.45, 2.75) is 19.3 Å². The maximum atomic E-state index is 11.4. The molecule has 0 saturated heterocycles. The largest absolute Gasteiger partial charge is 0.481 e. The fraction of sp³-hybridized carbons (Fsp3) is 0.875. The lowest BCUT2D eigenvalue weighted by Crippen LogP contribution is -2.17. The molecule has 0 saturated carbocycles. The molecule has 19 nitrogen and oxygen atoms in total. The Kier molecular flexibility index (Phi) is 38.5. The summed E-state index contributed by atoms with van der Waals surface area (Å²) in [5.74, 6) is -4.14. The summed E-state index contributed by atoms with van der Waals surface area (Å²) in [6.07, 6.45) is -0.684. The van der Waals surface area contributed by atoms with E-state index in [1.165, 1.54) is 0 Å². The molecule has 0 atom stereocenters. The van der Waals surface area contributed by atoms with Gasteiger partial charge in [0.05, 0.1) is 171 Å². The lowest BCUT2D eigenvalue weighted by Gasteiger charge is -2.09. The number of carbonyl (C=O) groups is 4. The molecule has 51 heavy (non-hydrogen) atoms. The smallest absolute Gasteiger partial charge is 0.372 e. The summed E-state index contributed by atoms with van der Waals surface area (Å²) < 4.78 is 69.3. The molecule has 0 bridgehead atoms. The molecule has 0 radical (unpaired) electrons. The molecule has 0 rings (SSSR count). The Bertz CT molecular complexity index is 815. The van der Waals surface area contributed by atoms with Crippen LogP contribution in [0.4, 0.5) is 0 Å². The van der Waals surface area contributed by atoms with Gasteiger partial charge in [-0.1, -0.05) is 0 Å². The SMILES string of the molecule is O=C(O)CCOCCOCCOCCOCCOCCOCCOCCOCCOCCOCCOCCOCCOC(=O)CCC(=O)C(=O)O. The van der Waals surface area contributed by atoms with Crippen molar-refractivity contribution in [2.24, 2.45) is 0 Å². The number of hydrogen-bond donors (Lipinski definition) is 2. The second-order valence-electron chi connectivity index (χ2n) is 9.94. The van der Waals surface area contributed by atoms with Gasteiger partial charge in [0, 0.05) is 6.42 Å². The highest BCUT2D eigenvalue weighted by molar-refractivity contribution is 6.32. The average Bonchev–Trinajstić information content (AvgIpc) is 3.11. The van der Waals surface area contributed by atoms with Crippen molar-refractivity contribution in [1.82, 2.24) is 0 Å². The Hall–Kier alpha value is -2.40. The van der Waals surface area contributed by atoms with Crippen molar-refractivity contribution < 1.29 is 91.0 Å². The second-order valence-corrected chi connectivity index (χ2v) is 9.94. The van der Waals surface area contributed by atoms with Gasteiger partial charge in [-0.15, -0.1) is 0 Å². The van der Waals surface area contributed by atoms with E-state index in [0.717, 1.165) is 0 Å². The molecule has 19 heteroatoms. The number of carboxylic acids is 2. The minimum atomic E-state index is -1.57. The van der Waals surface area contributed by atoms with Crippen molar-refractivity contribution in [2.75, 3.05) is 165 Å². The topological polar surface area (TPSA) is 229 Å². The predicted molar refractivity (Wildman–Crippen MR) is 175 cm³/mol. The summed E-state index contributed by atoms with van der Waals surface area (Å²) in [6.45, 7) is 9.80. The van der Waals surface area contributed by atoms with Gasteiger partial charge in [0.25, 0.3) is 0 Å². The highest BCUT2D eigenvalue weighted by Crippen LogP contribution is 1.95. The summed E-state index contributed by atoms with van der Waals surface area (Å²) in [4.78, 5) is 43.0. The number of Topliss-reactive ketones (excluding diaryl/α,β-unsaturated/α-hetero) is 1. The van der Waals surface area contributed by atoms with Crippen LogP contribution in [0.15, 0.2) is 0 Å². The number of hydrogen-bond acceptors (Lipinski definition) is 17. The normalized spacial score (nSPS) is 11.2. The van der Waals surface area contributed by atoms with E-state index in [9.17, 15) is 19.2 Å². The number of rotatable bonds is 43. The zero-order valence-corrected chi connectivity index (χ0v) is 29.6. The quantitative estimate of drug-likeness (QED) is 0.0461. The van der Waals surface area contributed by atoms with Crippen molar-refractivity contribution in [1.29, 1.82) is 0 Å². The fourth-order valence-electron chi connectivity index (χ4n) is 3.29. The Balaban J connectivity index is 3.12. The molecular formula is C32H58O19. The van der Waals surface area contributed by atoms with Gasteiger partial charge < -0.3 is 71.8 Å². The molecule has 0 aromatic carbocycles.